The Morgan fingerprint density at radius 2 is 1.38 bits per heavy atom. The average Bonchev–Trinajstić information content (AvgIpc) is 2.48. The average molecular weight is 303 g/mol. The van der Waals surface area contributed by atoms with Crippen LogP contribution in [0.15, 0.2) is 48.5 Å². The fraction of sp³-hybridized carbons (Fsp3) is 0.176. The van der Waals surface area contributed by atoms with Crippen LogP contribution in [0.1, 0.15) is 29.6 Å². The van der Waals surface area contributed by atoms with Gasteiger partial charge in [0.1, 0.15) is 0 Å². The van der Waals surface area contributed by atoms with Gasteiger partial charge in [-0.25, -0.2) is 0 Å². The van der Waals surface area contributed by atoms with Crippen molar-refractivity contribution in [3.63, 3.8) is 0 Å². The van der Waals surface area contributed by atoms with Gasteiger partial charge in [-0.05, 0) is 29.7 Å². The maximum Gasteiger partial charge on any atom is 0.303 e. The molecule has 0 aliphatic rings. The van der Waals surface area contributed by atoms with Gasteiger partial charge in [-0.1, -0.05) is 48.0 Å². The van der Waals surface area contributed by atoms with Gasteiger partial charge in [-0.2, -0.15) is 0 Å². The van der Waals surface area contributed by atoms with Crippen molar-refractivity contribution in [2.24, 2.45) is 0 Å². The summed E-state index contributed by atoms with van der Waals surface area (Å²) in [5.74, 6) is -0.903. The zero-order valence-electron chi connectivity index (χ0n) is 11.4. The summed E-state index contributed by atoms with van der Waals surface area (Å²) in [6.07, 6.45) is 0.647. The Bertz CT molecular complexity index is 630. The highest BCUT2D eigenvalue weighted by molar-refractivity contribution is 6.30. The minimum atomic E-state index is -0.874. The molecule has 108 valence electrons. The molecule has 0 radical (unpaired) electrons. The molecule has 3 nitrogen and oxygen atoms in total. The number of rotatable bonds is 6. The van der Waals surface area contributed by atoms with Crippen LogP contribution in [-0.4, -0.2) is 16.9 Å². The van der Waals surface area contributed by atoms with Crippen molar-refractivity contribution in [2.75, 3.05) is 0 Å². The van der Waals surface area contributed by atoms with Crippen LogP contribution in [-0.2, 0) is 4.79 Å². The molecular formula is C17H15ClO3. The molecule has 0 atom stereocenters. The van der Waals surface area contributed by atoms with Gasteiger partial charge in [0, 0.05) is 23.4 Å². The summed E-state index contributed by atoms with van der Waals surface area (Å²) in [6, 6.07) is 14.8. The summed E-state index contributed by atoms with van der Waals surface area (Å²) in [7, 11) is 0. The molecule has 21 heavy (non-hydrogen) atoms. The number of carbonyl (C=O) groups is 2. The molecule has 0 unspecified atom stereocenters. The van der Waals surface area contributed by atoms with Crippen LogP contribution in [0.5, 0.6) is 0 Å². The molecule has 0 saturated heterocycles. The number of hydrogen-bond acceptors (Lipinski definition) is 2. The lowest BCUT2D eigenvalue weighted by Crippen LogP contribution is -2.01. The van der Waals surface area contributed by atoms with E-state index in [1.165, 1.54) is 0 Å². The van der Waals surface area contributed by atoms with Gasteiger partial charge < -0.3 is 5.11 Å². The minimum Gasteiger partial charge on any atom is -0.481 e. The molecule has 1 N–H and O–H groups in total. The lowest BCUT2D eigenvalue weighted by Gasteiger charge is -2.04. The van der Waals surface area contributed by atoms with E-state index in [1.54, 1.807) is 12.1 Å². The predicted molar refractivity (Wildman–Crippen MR) is 82.7 cm³/mol. The van der Waals surface area contributed by atoms with Crippen LogP contribution in [0.3, 0.4) is 0 Å². The molecule has 0 spiro atoms. The van der Waals surface area contributed by atoms with E-state index in [-0.39, 0.29) is 18.6 Å². The second-order valence-corrected chi connectivity index (χ2v) is 5.19. The van der Waals surface area contributed by atoms with Crippen molar-refractivity contribution in [3.05, 3.63) is 59.1 Å². The number of carboxylic acid groups (broad SMARTS) is 1. The van der Waals surface area contributed by atoms with Crippen molar-refractivity contribution in [3.8, 4) is 11.1 Å². The van der Waals surface area contributed by atoms with Gasteiger partial charge in [0.25, 0.3) is 0 Å². The second kappa shape index (κ2) is 7.04. The molecule has 0 fully saturated rings. The van der Waals surface area contributed by atoms with Crippen LogP contribution >= 0.6 is 11.6 Å². The van der Waals surface area contributed by atoms with Gasteiger partial charge in [-0.3, -0.25) is 9.59 Å². The third-order valence-corrected chi connectivity index (χ3v) is 3.43. The first-order valence-electron chi connectivity index (χ1n) is 6.67. The summed E-state index contributed by atoms with van der Waals surface area (Å²) in [4.78, 5) is 22.3. The van der Waals surface area contributed by atoms with Crippen molar-refractivity contribution < 1.29 is 14.7 Å². The third-order valence-electron chi connectivity index (χ3n) is 3.18. The second-order valence-electron chi connectivity index (χ2n) is 4.75. The van der Waals surface area contributed by atoms with E-state index in [2.05, 4.69) is 0 Å². The van der Waals surface area contributed by atoms with Gasteiger partial charge >= 0.3 is 5.97 Å². The van der Waals surface area contributed by atoms with E-state index in [4.69, 9.17) is 16.7 Å². The number of carbonyl (C=O) groups excluding carboxylic acids is 1. The molecule has 2 rings (SSSR count). The van der Waals surface area contributed by atoms with Crippen LogP contribution in [0, 0.1) is 0 Å². The number of aliphatic carboxylic acids is 1. The van der Waals surface area contributed by atoms with Crippen molar-refractivity contribution in [1.82, 2.24) is 0 Å². The Morgan fingerprint density at radius 1 is 0.857 bits per heavy atom. The molecule has 0 aromatic heterocycles. The Balaban J connectivity index is 2.03. The largest absolute Gasteiger partial charge is 0.481 e. The molecule has 0 heterocycles. The first-order chi connectivity index (χ1) is 10.1. The number of ketones is 1. The molecule has 0 saturated carbocycles. The monoisotopic (exact) mass is 302 g/mol. The fourth-order valence-corrected chi connectivity index (χ4v) is 2.16. The van der Waals surface area contributed by atoms with Crippen LogP contribution < -0.4 is 0 Å². The number of hydrogen-bond donors (Lipinski definition) is 1. The Morgan fingerprint density at radius 3 is 1.90 bits per heavy atom. The van der Waals surface area contributed by atoms with Crippen molar-refractivity contribution in [1.29, 1.82) is 0 Å². The maximum absolute atomic E-state index is 11.9. The first-order valence-corrected chi connectivity index (χ1v) is 7.05. The van der Waals surface area contributed by atoms with E-state index in [9.17, 15) is 9.59 Å². The molecule has 0 bridgehead atoms. The molecule has 0 aliphatic carbocycles. The van der Waals surface area contributed by atoms with Crippen molar-refractivity contribution >= 4 is 23.4 Å². The zero-order chi connectivity index (χ0) is 15.2. The highest BCUT2D eigenvalue weighted by Crippen LogP contribution is 2.22. The number of benzene rings is 2. The topological polar surface area (TPSA) is 54.4 Å². The smallest absolute Gasteiger partial charge is 0.303 e. The van der Waals surface area contributed by atoms with E-state index >= 15 is 0 Å². The number of carboxylic acids is 1. The Hall–Kier alpha value is -2.13. The molecule has 2 aromatic rings. The van der Waals surface area contributed by atoms with Gasteiger partial charge in [-0.15, -0.1) is 0 Å². The molecule has 4 heteroatoms. The maximum atomic E-state index is 11.9. The normalized spacial score (nSPS) is 10.3. The highest BCUT2D eigenvalue weighted by Gasteiger charge is 2.07. The van der Waals surface area contributed by atoms with E-state index in [1.807, 2.05) is 36.4 Å². The Kier molecular flexibility index (Phi) is 5.12. The molecular weight excluding hydrogens is 288 g/mol. The molecule has 0 aliphatic heterocycles. The van der Waals surface area contributed by atoms with Crippen LogP contribution in [0.4, 0.5) is 0 Å². The standard InChI is InChI=1S/C17H15ClO3/c18-15-10-8-13(9-11-15)12-4-6-14(7-5-12)16(19)2-1-3-17(20)21/h4-11H,1-3H2,(H,20,21). The summed E-state index contributed by atoms with van der Waals surface area (Å²) in [5.41, 5.74) is 2.65. The van der Waals surface area contributed by atoms with E-state index in [0.717, 1.165) is 11.1 Å². The molecule has 0 amide bonds. The zero-order valence-corrected chi connectivity index (χ0v) is 12.1. The van der Waals surface area contributed by atoms with Crippen molar-refractivity contribution in [2.45, 2.75) is 19.3 Å². The Labute approximate surface area is 128 Å². The highest BCUT2D eigenvalue weighted by atomic mass is 35.5. The fourth-order valence-electron chi connectivity index (χ4n) is 2.04. The quantitative estimate of drug-likeness (QED) is 0.802. The first kappa shape index (κ1) is 15.3. The van der Waals surface area contributed by atoms with Gasteiger partial charge in [0.05, 0.1) is 0 Å². The van der Waals surface area contributed by atoms with Crippen LogP contribution in [0.2, 0.25) is 5.02 Å². The number of Topliss-reactive ketones (excluding diaryl/α,β-unsaturated/α-hetero) is 1. The SMILES string of the molecule is O=C(O)CCCC(=O)c1ccc(-c2ccc(Cl)cc2)cc1. The van der Waals surface area contributed by atoms with E-state index < -0.39 is 5.97 Å². The number of halogens is 1. The summed E-state index contributed by atoms with van der Waals surface area (Å²) in [6.45, 7) is 0. The van der Waals surface area contributed by atoms with E-state index in [0.29, 0.717) is 17.0 Å². The van der Waals surface area contributed by atoms with Gasteiger partial charge in [0.2, 0.25) is 0 Å². The molecule has 2 aromatic carbocycles. The lowest BCUT2D eigenvalue weighted by atomic mass is 10.0. The minimum absolute atomic E-state index is 0.0224. The lowest BCUT2D eigenvalue weighted by molar-refractivity contribution is -0.137. The summed E-state index contributed by atoms with van der Waals surface area (Å²) in [5, 5.41) is 9.24. The summed E-state index contributed by atoms with van der Waals surface area (Å²) >= 11 is 5.85. The summed E-state index contributed by atoms with van der Waals surface area (Å²) < 4.78 is 0. The van der Waals surface area contributed by atoms with Crippen LogP contribution in [0.25, 0.3) is 11.1 Å². The predicted octanol–water partition coefficient (Wildman–Crippen LogP) is 4.44. The van der Waals surface area contributed by atoms with Gasteiger partial charge in [0.15, 0.2) is 5.78 Å². The third kappa shape index (κ3) is 4.43.